The third-order valence-electron chi connectivity index (χ3n) is 5.42. The summed E-state index contributed by atoms with van der Waals surface area (Å²) in [7, 11) is 0. The lowest BCUT2D eigenvalue weighted by Gasteiger charge is -2.19. The minimum atomic E-state index is -0.562. The average Bonchev–Trinajstić information content (AvgIpc) is 3.47. The highest BCUT2D eigenvalue weighted by Crippen LogP contribution is 2.42. The fourth-order valence-electron chi connectivity index (χ4n) is 3.65. The van der Waals surface area contributed by atoms with Gasteiger partial charge < -0.3 is 9.73 Å². The first-order valence-corrected chi connectivity index (χ1v) is 12.0. The highest BCUT2D eigenvalue weighted by Gasteiger charge is 2.40. The number of carbonyl (C=O) groups excluding carboxylic acids is 2. The molecule has 1 aliphatic heterocycles. The largest absolute Gasteiger partial charge is 0.467 e. The van der Waals surface area contributed by atoms with Crippen molar-refractivity contribution in [3.8, 4) is 6.07 Å². The lowest BCUT2D eigenvalue weighted by molar-refractivity contribution is -0.117. The van der Waals surface area contributed by atoms with Gasteiger partial charge in [0.25, 0.3) is 5.91 Å². The zero-order chi connectivity index (χ0) is 24.1. The highest BCUT2D eigenvalue weighted by molar-refractivity contribution is 8.05. The average molecular weight is 492 g/mol. The molecule has 1 unspecified atom stereocenters. The first-order chi connectivity index (χ1) is 16.5. The van der Waals surface area contributed by atoms with Gasteiger partial charge in [-0.1, -0.05) is 54.6 Å². The monoisotopic (exact) mass is 491 g/mol. The van der Waals surface area contributed by atoms with E-state index in [-0.39, 0.29) is 18.0 Å². The van der Waals surface area contributed by atoms with E-state index in [1.165, 1.54) is 22.9 Å². The topological polar surface area (TPSA) is 86.3 Å². The second-order valence-corrected chi connectivity index (χ2v) is 9.32. The summed E-state index contributed by atoms with van der Waals surface area (Å²) in [5, 5.41) is 13.0. The number of benzene rings is 2. The molecule has 0 radical (unpaired) electrons. The molecule has 4 rings (SSSR count). The van der Waals surface area contributed by atoms with E-state index in [2.05, 4.69) is 12.2 Å². The fraction of sp³-hybridized carbons (Fsp3) is 0.192. The number of nitrogens with zero attached hydrogens (tertiary/aromatic N) is 2. The van der Waals surface area contributed by atoms with Crippen molar-refractivity contribution in [3.05, 3.63) is 99.4 Å². The number of thioether (sulfide) groups is 1. The van der Waals surface area contributed by atoms with Crippen LogP contribution in [0.15, 0.2) is 81.9 Å². The van der Waals surface area contributed by atoms with Gasteiger partial charge in [0.2, 0.25) is 5.91 Å². The molecule has 3 aromatic rings. The van der Waals surface area contributed by atoms with Gasteiger partial charge in [-0.2, -0.15) is 5.26 Å². The third kappa shape index (κ3) is 5.19. The number of nitrogens with one attached hydrogen (secondary N) is 1. The molecule has 1 aliphatic rings. The van der Waals surface area contributed by atoms with E-state index in [0.717, 1.165) is 17.5 Å². The Kier molecular flexibility index (Phi) is 7.41. The van der Waals surface area contributed by atoms with Crippen LogP contribution in [-0.2, 0) is 29.0 Å². The van der Waals surface area contributed by atoms with Gasteiger partial charge in [-0.05, 0) is 60.4 Å². The maximum Gasteiger partial charge on any atom is 0.265 e. The van der Waals surface area contributed by atoms with Gasteiger partial charge in [0.05, 0.1) is 18.1 Å². The molecule has 172 valence electrons. The molecular weight excluding hydrogens is 470 g/mol. The number of hydrogen-bond acceptors (Lipinski definition) is 5. The molecule has 2 aromatic carbocycles. The van der Waals surface area contributed by atoms with Gasteiger partial charge in [-0.25, -0.2) is 0 Å². The van der Waals surface area contributed by atoms with Crippen LogP contribution in [0.4, 0.5) is 5.69 Å². The molecular formula is C26H22ClN3O3S. The molecule has 34 heavy (non-hydrogen) atoms. The number of furan rings is 1. The van der Waals surface area contributed by atoms with Crippen molar-refractivity contribution in [1.29, 1.82) is 5.26 Å². The predicted octanol–water partition coefficient (Wildman–Crippen LogP) is 5.24. The Bertz CT molecular complexity index is 1260. The Morgan fingerprint density at radius 2 is 1.97 bits per heavy atom. The van der Waals surface area contributed by atoms with E-state index in [1.54, 1.807) is 18.2 Å². The maximum atomic E-state index is 13.5. The van der Waals surface area contributed by atoms with E-state index < -0.39 is 11.2 Å². The van der Waals surface area contributed by atoms with E-state index in [0.29, 0.717) is 27.9 Å². The van der Waals surface area contributed by atoms with Crippen LogP contribution in [0, 0.1) is 11.3 Å². The molecule has 0 bridgehead atoms. The lowest BCUT2D eigenvalue weighted by atomic mass is 10.1. The molecule has 0 aliphatic carbocycles. The van der Waals surface area contributed by atoms with Crippen LogP contribution >= 0.6 is 23.4 Å². The molecule has 6 nitrogen and oxygen atoms in total. The van der Waals surface area contributed by atoms with E-state index in [1.807, 2.05) is 48.5 Å². The SMILES string of the molecule is CCc1ccc(N2C(=O)C(Cc3cccc(Cl)c3)S/C2=C(/C#N)C(=O)NCc2ccco2)cc1. The predicted molar refractivity (Wildman–Crippen MR) is 133 cm³/mol. The number of rotatable bonds is 7. The summed E-state index contributed by atoms with van der Waals surface area (Å²) in [6.45, 7) is 2.19. The number of anilines is 1. The first kappa shape index (κ1) is 23.7. The van der Waals surface area contributed by atoms with Crippen LogP contribution in [0.2, 0.25) is 5.02 Å². The Hall–Kier alpha value is -3.47. The molecule has 0 spiro atoms. The number of carbonyl (C=O) groups is 2. The normalized spacial score (nSPS) is 16.9. The van der Waals surface area contributed by atoms with Crippen LogP contribution in [0.5, 0.6) is 0 Å². The quantitative estimate of drug-likeness (QED) is 0.361. The van der Waals surface area contributed by atoms with Gasteiger partial charge in [-0.15, -0.1) is 0 Å². The molecule has 2 amide bonds. The molecule has 0 saturated carbocycles. The number of amides is 2. The molecule has 1 fully saturated rings. The van der Waals surface area contributed by atoms with Crippen molar-refractivity contribution >= 4 is 40.9 Å². The third-order valence-corrected chi connectivity index (χ3v) is 6.92. The molecule has 2 heterocycles. The summed E-state index contributed by atoms with van der Waals surface area (Å²) in [5.74, 6) is -0.180. The highest BCUT2D eigenvalue weighted by atomic mass is 35.5. The minimum absolute atomic E-state index is 0.113. The van der Waals surface area contributed by atoms with Gasteiger partial charge in [0, 0.05) is 10.7 Å². The Balaban J connectivity index is 1.68. The summed E-state index contributed by atoms with van der Waals surface area (Å²) in [6, 6.07) is 20.4. The van der Waals surface area contributed by atoms with Crippen molar-refractivity contribution in [1.82, 2.24) is 5.32 Å². The van der Waals surface area contributed by atoms with Crippen molar-refractivity contribution in [2.24, 2.45) is 0 Å². The standard InChI is InChI=1S/C26H22ClN3O3S/c1-2-17-8-10-20(11-9-17)30-25(32)23(14-18-5-3-6-19(27)13-18)34-26(30)22(15-28)24(31)29-16-21-7-4-12-33-21/h3-13,23H,2,14,16H2,1H3,(H,29,31)/b26-22-. The number of hydrogen-bond donors (Lipinski definition) is 1. The first-order valence-electron chi connectivity index (χ1n) is 10.8. The van der Waals surface area contributed by atoms with Gasteiger partial charge in [0.15, 0.2) is 0 Å². The molecule has 1 N–H and O–H groups in total. The molecule has 1 saturated heterocycles. The number of aryl methyl sites for hydroxylation is 1. The van der Waals surface area contributed by atoms with Crippen molar-refractivity contribution in [3.63, 3.8) is 0 Å². The fourth-order valence-corrected chi connectivity index (χ4v) is 5.17. The van der Waals surface area contributed by atoms with Crippen LogP contribution in [0.1, 0.15) is 23.8 Å². The lowest BCUT2D eigenvalue weighted by Crippen LogP contribution is -2.32. The summed E-state index contributed by atoms with van der Waals surface area (Å²) >= 11 is 7.35. The van der Waals surface area contributed by atoms with Gasteiger partial charge in [0.1, 0.15) is 22.4 Å². The van der Waals surface area contributed by atoms with Crippen LogP contribution in [0.3, 0.4) is 0 Å². The summed E-state index contributed by atoms with van der Waals surface area (Å²) < 4.78 is 5.25. The van der Waals surface area contributed by atoms with Crippen LogP contribution in [-0.4, -0.2) is 17.1 Å². The Morgan fingerprint density at radius 3 is 2.62 bits per heavy atom. The molecule has 8 heteroatoms. The van der Waals surface area contributed by atoms with Crippen molar-refractivity contribution in [2.45, 2.75) is 31.6 Å². The minimum Gasteiger partial charge on any atom is -0.467 e. The molecule has 1 aromatic heterocycles. The van der Waals surface area contributed by atoms with Crippen LogP contribution in [0.25, 0.3) is 0 Å². The Morgan fingerprint density at radius 1 is 1.18 bits per heavy atom. The summed E-state index contributed by atoms with van der Waals surface area (Å²) in [4.78, 5) is 28.0. The summed E-state index contributed by atoms with van der Waals surface area (Å²) in [5.41, 5.74) is 2.53. The zero-order valence-electron chi connectivity index (χ0n) is 18.5. The smallest absolute Gasteiger partial charge is 0.265 e. The van der Waals surface area contributed by atoms with Crippen LogP contribution < -0.4 is 10.2 Å². The van der Waals surface area contributed by atoms with E-state index in [9.17, 15) is 14.9 Å². The van der Waals surface area contributed by atoms with Gasteiger partial charge in [-0.3, -0.25) is 14.5 Å². The van der Waals surface area contributed by atoms with E-state index in [4.69, 9.17) is 16.0 Å². The van der Waals surface area contributed by atoms with Crippen molar-refractivity contribution < 1.29 is 14.0 Å². The maximum absolute atomic E-state index is 13.5. The summed E-state index contributed by atoms with van der Waals surface area (Å²) in [6.07, 6.45) is 2.80. The Labute approximate surface area is 207 Å². The van der Waals surface area contributed by atoms with Crippen molar-refractivity contribution in [2.75, 3.05) is 4.90 Å². The second kappa shape index (κ2) is 10.6. The number of nitriles is 1. The van der Waals surface area contributed by atoms with E-state index >= 15 is 0 Å². The number of halogens is 1. The zero-order valence-corrected chi connectivity index (χ0v) is 20.0. The molecule has 1 atom stereocenters. The second-order valence-electron chi connectivity index (χ2n) is 7.69. The van der Waals surface area contributed by atoms with Gasteiger partial charge >= 0.3 is 0 Å².